The maximum absolute atomic E-state index is 13.5. The van der Waals surface area contributed by atoms with Crippen molar-refractivity contribution in [1.82, 2.24) is 0 Å². The van der Waals surface area contributed by atoms with Gasteiger partial charge in [-0.15, -0.1) is 0 Å². The summed E-state index contributed by atoms with van der Waals surface area (Å²) in [5, 5.41) is 2.59. The Kier molecular flexibility index (Phi) is 6.41. The molecular weight excluding hydrogens is 437 g/mol. The molecule has 2 aromatic rings. The molecule has 3 rings (SSSR count). The number of halogens is 4. The number of amides is 1. The summed E-state index contributed by atoms with van der Waals surface area (Å²) in [5.74, 6) is -0.844. The molecule has 1 saturated heterocycles. The topological polar surface area (TPSA) is 41.6 Å². The fourth-order valence-corrected chi connectivity index (χ4v) is 3.30. The van der Waals surface area contributed by atoms with Crippen LogP contribution in [-0.4, -0.2) is 38.4 Å². The first kappa shape index (κ1) is 20.4. The van der Waals surface area contributed by atoms with E-state index in [1.807, 2.05) is 17.0 Å². The Labute approximate surface area is 169 Å². The van der Waals surface area contributed by atoms with Crippen molar-refractivity contribution in [2.75, 3.05) is 36.5 Å². The van der Waals surface area contributed by atoms with Crippen molar-refractivity contribution in [2.24, 2.45) is 0 Å². The third-order valence-corrected chi connectivity index (χ3v) is 4.73. The molecule has 0 unspecified atom stereocenters. The van der Waals surface area contributed by atoms with E-state index in [0.29, 0.717) is 42.5 Å². The van der Waals surface area contributed by atoms with Crippen molar-refractivity contribution in [3.05, 3.63) is 64.6 Å². The molecule has 1 amide bonds. The maximum atomic E-state index is 13.5. The monoisotopic (exact) mass is 454 g/mol. The van der Waals surface area contributed by atoms with Crippen LogP contribution >= 0.6 is 15.9 Å². The number of nitrogens with one attached hydrogen (secondary N) is 1. The number of alkyl halides is 3. The summed E-state index contributed by atoms with van der Waals surface area (Å²) in [5.41, 5.74) is 0.120. The van der Waals surface area contributed by atoms with Crippen molar-refractivity contribution in [1.29, 1.82) is 0 Å². The summed E-state index contributed by atoms with van der Waals surface area (Å²) in [6.07, 6.45) is -4.05. The number of benzene rings is 2. The Morgan fingerprint density at radius 3 is 2.43 bits per heavy atom. The number of hydrogen-bond acceptors (Lipinski definition) is 3. The number of rotatable bonds is 4. The van der Waals surface area contributed by atoms with Crippen LogP contribution in [0.25, 0.3) is 5.57 Å². The predicted octanol–water partition coefficient (Wildman–Crippen LogP) is 4.87. The van der Waals surface area contributed by atoms with Gasteiger partial charge < -0.3 is 15.0 Å². The van der Waals surface area contributed by atoms with E-state index < -0.39 is 17.7 Å². The molecule has 0 spiro atoms. The van der Waals surface area contributed by atoms with Gasteiger partial charge in [-0.3, -0.25) is 4.79 Å². The van der Waals surface area contributed by atoms with Gasteiger partial charge in [0.2, 0.25) is 5.91 Å². The normalized spacial score (nSPS) is 15.4. The van der Waals surface area contributed by atoms with Crippen molar-refractivity contribution < 1.29 is 22.7 Å². The van der Waals surface area contributed by atoms with Crippen molar-refractivity contribution in [3.8, 4) is 0 Å². The summed E-state index contributed by atoms with van der Waals surface area (Å²) in [6.45, 7) is 2.38. The Bertz CT molecular complexity index is 863. The van der Waals surface area contributed by atoms with Crippen molar-refractivity contribution in [2.45, 2.75) is 6.18 Å². The van der Waals surface area contributed by atoms with Crippen LogP contribution in [0, 0.1) is 0 Å². The molecule has 148 valence electrons. The summed E-state index contributed by atoms with van der Waals surface area (Å²) in [6, 6.07) is 12.6. The smallest absolute Gasteiger partial charge is 0.378 e. The van der Waals surface area contributed by atoms with Crippen molar-refractivity contribution >= 4 is 38.8 Å². The molecule has 0 aromatic heterocycles. The second kappa shape index (κ2) is 8.79. The number of morpholine rings is 1. The van der Waals surface area contributed by atoms with Crippen LogP contribution in [0.5, 0.6) is 0 Å². The molecule has 0 bridgehead atoms. The molecule has 2 aromatic carbocycles. The zero-order valence-electron chi connectivity index (χ0n) is 14.8. The average molecular weight is 455 g/mol. The molecular formula is C20H18BrF3N2O2. The molecule has 1 N–H and O–H groups in total. The summed E-state index contributed by atoms with van der Waals surface area (Å²) < 4.78 is 46.4. The summed E-state index contributed by atoms with van der Waals surface area (Å²) >= 11 is 3.34. The van der Waals surface area contributed by atoms with E-state index in [0.717, 1.165) is 5.69 Å². The van der Waals surface area contributed by atoms with Gasteiger partial charge in [-0.2, -0.15) is 13.2 Å². The molecule has 1 fully saturated rings. The number of nitrogens with zero attached hydrogens (tertiary/aromatic N) is 1. The molecule has 0 radical (unpaired) electrons. The van der Waals surface area contributed by atoms with Crippen LogP contribution < -0.4 is 10.2 Å². The Hall–Kier alpha value is -2.32. The number of carbonyl (C=O) groups is 1. The summed E-state index contributed by atoms with van der Waals surface area (Å²) in [7, 11) is 0. The lowest BCUT2D eigenvalue weighted by molar-refractivity contribution is -0.112. The zero-order valence-corrected chi connectivity index (χ0v) is 16.4. The third-order valence-electron chi connectivity index (χ3n) is 4.23. The fourth-order valence-electron chi connectivity index (χ4n) is 2.93. The van der Waals surface area contributed by atoms with Gasteiger partial charge in [0.15, 0.2) is 0 Å². The molecule has 0 saturated carbocycles. The lowest BCUT2D eigenvalue weighted by Gasteiger charge is -2.30. The van der Waals surface area contributed by atoms with Crippen LogP contribution in [0.1, 0.15) is 5.56 Å². The van der Waals surface area contributed by atoms with Gasteiger partial charge in [-0.05, 0) is 23.8 Å². The van der Waals surface area contributed by atoms with Crippen LogP contribution in [0.3, 0.4) is 0 Å². The number of carbonyl (C=O) groups excluding carboxylic acids is 1. The molecule has 0 aliphatic carbocycles. The molecule has 0 atom stereocenters. The van der Waals surface area contributed by atoms with Crippen LogP contribution in [0.15, 0.2) is 59.1 Å². The highest BCUT2D eigenvalue weighted by Crippen LogP contribution is 2.34. The van der Waals surface area contributed by atoms with Crippen LogP contribution in [-0.2, 0) is 9.53 Å². The molecule has 4 nitrogen and oxygen atoms in total. The molecule has 1 aliphatic heterocycles. The quantitative estimate of drug-likeness (QED) is 0.670. The first-order chi connectivity index (χ1) is 13.3. The summed E-state index contributed by atoms with van der Waals surface area (Å²) in [4.78, 5) is 14.5. The SMILES string of the molecule is O=C(/C=C(/c1ccccc1)C(F)(F)F)Nc1cc(Br)ccc1N1CCOCC1. The van der Waals surface area contributed by atoms with Crippen molar-refractivity contribution in [3.63, 3.8) is 0 Å². The minimum absolute atomic E-state index is 0.0622. The second-order valence-corrected chi connectivity index (χ2v) is 7.09. The van der Waals surface area contributed by atoms with Crippen LogP contribution in [0.4, 0.5) is 24.5 Å². The van der Waals surface area contributed by atoms with Gasteiger partial charge >= 0.3 is 6.18 Å². The van der Waals surface area contributed by atoms with Gasteiger partial charge in [-0.1, -0.05) is 46.3 Å². The van der Waals surface area contributed by atoms with E-state index in [9.17, 15) is 18.0 Å². The first-order valence-corrected chi connectivity index (χ1v) is 9.41. The Morgan fingerprint density at radius 1 is 1.11 bits per heavy atom. The van der Waals surface area contributed by atoms with Gasteiger partial charge in [0.05, 0.1) is 30.2 Å². The standard InChI is InChI=1S/C20H18BrF3N2O2/c21-15-6-7-18(26-8-10-28-11-9-26)17(12-15)25-19(27)13-16(20(22,23)24)14-4-2-1-3-5-14/h1-7,12-13H,8-11H2,(H,25,27)/b16-13-. The minimum atomic E-state index is -4.65. The van der Waals surface area contributed by atoms with Gasteiger partial charge in [-0.25, -0.2) is 0 Å². The minimum Gasteiger partial charge on any atom is -0.378 e. The lowest BCUT2D eigenvalue weighted by Crippen LogP contribution is -2.36. The van der Waals surface area contributed by atoms with E-state index >= 15 is 0 Å². The molecule has 1 heterocycles. The van der Waals surface area contributed by atoms with E-state index in [4.69, 9.17) is 4.74 Å². The fraction of sp³-hybridized carbons (Fsp3) is 0.250. The molecule has 1 aliphatic rings. The Balaban J connectivity index is 1.89. The van der Waals surface area contributed by atoms with E-state index in [1.54, 1.807) is 12.1 Å². The number of ether oxygens (including phenoxy) is 1. The maximum Gasteiger partial charge on any atom is 0.417 e. The van der Waals surface area contributed by atoms with Crippen LogP contribution in [0.2, 0.25) is 0 Å². The average Bonchev–Trinajstić information content (AvgIpc) is 2.67. The second-order valence-electron chi connectivity index (χ2n) is 6.17. The van der Waals surface area contributed by atoms with Gasteiger partial charge in [0.1, 0.15) is 0 Å². The van der Waals surface area contributed by atoms with E-state index in [-0.39, 0.29) is 5.56 Å². The number of allylic oxidation sites excluding steroid dienone is 1. The third kappa shape index (κ3) is 5.14. The van der Waals surface area contributed by atoms with Gasteiger partial charge in [0.25, 0.3) is 0 Å². The first-order valence-electron chi connectivity index (χ1n) is 8.62. The van der Waals surface area contributed by atoms with Gasteiger partial charge in [0, 0.05) is 23.6 Å². The van der Waals surface area contributed by atoms with E-state index in [1.165, 1.54) is 24.3 Å². The zero-order chi connectivity index (χ0) is 20.1. The highest BCUT2D eigenvalue weighted by Gasteiger charge is 2.35. The van der Waals surface area contributed by atoms with E-state index in [2.05, 4.69) is 21.2 Å². The highest BCUT2D eigenvalue weighted by atomic mass is 79.9. The largest absolute Gasteiger partial charge is 0.417 e. The molecule has 28 heavy (non-hydrogen) atoms. The lowest BCUT2D eigenvalue weighted by atomic mass is 10.1. The number of anilines is 2. The highest BCUT2D eigenvalue weighted by molar-refractivity contribution is 9.10. The predicted molar refractivity (Wildman–Crippen MR) is 106 cm³/mol. The Morgan fingerprint density at radius 2 is 1.79 bits per heavy atom. The molecule has 8 heteroatoms. The number of hydrogen-bond donors (Lipinski definition) is 1.